The van der Waals surface area contributed by atoms with Crippen LogP contribution in [0.2, 0.25) is 0 Å². The van der Waals surface area contributed by atoms with E-state index in [2.05, 4.69) is 10.1 Å². The van der Waals surface area contributed by atoms with Crippen molar-refractivity contribution in [2.24, 2.45) is 11.7 Å². The van der Waals surface area contributed by atoms with Crippen molar-refractivity contribution in [3.63, 3.8) is 0 Å². The number of benzene rings is 1. The number of aromatic nitrogens is 2. The molecule has 0 spiro atoms. The molecule has 6 nitrogen and oxygen atoms in total. The molecular formula is C20H21FN4O2. The predicted molar refractivity (Wildman–Crippen MR) is 99.6 cm³/mol. The molecule has 2 unspecified atom stereocenters. The van der Waals surface area contributed by atoms with E-state index in [0.29, 0.717) is 52.6 Å². The van der Waals surface area contributed by atoms with Crippen LogP contribution in [0, 0.1) is 18.7 Å². The molecule has 140 valence electrons. The Labute approximate surface area is 156 Å². The van der Waals surface area contributed by atoms with Gasteiger partial charge in [0.1, 0.15) is 5.82 Å². The maximum Gasteiger partial charge on any atom is 0.259 e. The number of nitrogens with zero attached hydrogens (tertiary/aromatic N) is 3. The van der Waals surface area contributed by atoms with Crippen LogP contribution in [0.3, 0.4) is 0 Å². The highest BCUT2D eigenvalue weighted by atomic mass is 19.1. The first-order valence-corrected chi connectivity index (χ1v) is 9.02. The van der Waals surface area contributed by atoms with Gasteiger partial charge in [0.25, 0.3) is 11.6 Å². The topological polar surface area (TPSA) is 85.2 Å². The number of hydrogen-bond donors (Lipinski definition) is 1. The molecule has 3 heterocycles. The number of carbonyl (C=O) groups excluding carboxylic acids is 1. The first kappa shape index (κ1) is 17.6. The molecule has 1 amide bonds. The number of amides is 1. The summed E-state index contributed by atoms with van der Waals surface area (Å²) in [5.74, 6) is -0.104. The summed E-state index contributed by atoms with van der Waals surface area (Å²) < 4.78 is 18.6. The fraction of sp³-hybridized carbons (Fsp3) is 0.350. The van der Waals surface area contributed by atoms with Gasteiger partial charge in [-0.3, -0.25) is 4.79 Å². The number of likely N-dealkylation sites (tertiary alicyclic amines) is 1. The highest BCUT2D eigenvalue weighted by molar-refractivity contribution is 6.07. The van der Waals surface area contributed by atoms with Gasteiger partial charge in [-0.2, -0.15) is 0 Å². The van der Waals surface area contributed by atoms with Crippen LogP contribution in [0.25, 0.3) is 22.4 Å². The van der Waals surface area contributed by atoms with Crippen LogP contribution in [0.4, 0.5) is 4.39 Å². The monoisotopic (exact) mass is 368 g/mol. The molecule has 1 saturated heterocycles. The molecule has 0 bridgehead atoms. The van der Waals surface area contributed by atoms with E-state index in [-0.39, 0.29) is 17.8 Å². The van der Waals surface area contributed by atoms with Crippen molar-refractivity contribution < 1.29 is 13.7 Å². The van der Waals surface area contributed by atoms with Crippen molar-refractivity contribution >= 4 is 17.0 Å². The SMILES string of the molecule is Cc1noc2nc(-c3ccc(F)cc3)cc(C(=O)N3CC(CN)CC3C)c12. The van der Waals surface area contributed by atoms with E-state index < -0.39 is 0 Å². The first-order valence-electron chi connectivity index (χ1n) is 9.02. The summed E-state index contributed by atoms with van der Waals surface area (Å²) in [6.07, 6.45) is 0.893. The van der Waals surface area contributed by atoms with Gasteiger partial charge in [0.2, 0.25) is 0 Å². The van der Waals surface area contributed by atoms with Gasteiger partial charge in [-0.15, -0.1) is 0 Å². The molecule has 1 aliphatic rings. The molecule has 3 aromatic rings. The van der Waals surface area contributed by atoms with Gasteiger partial charge in [-0.05, 0) is 63.1 Å². The number of hydrogen-bond acceptors (Lipinski definition) is 5. The fourth-order valence-electron chi connectivity index (χ4n) is 3.78. The van der Waals surface area contributed by atoms with Crippen molar-refractivity contribution in [1.82, 2.24) is 15.0 Å². The molecule has 1 aromatic carbocycles. The number of pyridine rings is 1. The molecular weight excluding hydrogens is 347 g/mol. The molecule has 2 atom stereocenters. The number of halogens is 1. The molecule has 1 fully saturated rings. The number of nitrogens with two attached hydrogens (primary N) is 1. The molecule has 2 aromatic heterocycles. The Morgan fingerprint density at radius 3 is 2.78 bits per heavy atom. The fourth-order valence-corrected chi connectivity index (χ4v) is 3.78. The van der Waals surface area contributed by atoms with Gasteiger partial charge in [0.05, 0.1) is 22.3 Å². The highest BCUT2D eigenvalue weighted by Gasteiger charge is 2.33. The Kier molecular flexibility index (Phi) is 4.39. The number of aryl methyl sites for hydroxylation is 1. The van der Waals surface area contributed by atoms with Crippen LogP contribution in [0.5, 0.6) is 0 Å². The van der Waals surface area contributed by atoms with Gasteiger partial charge in [0.15, 0.2) is 0 Å². The minimum atomic E-state index is -0.328. The van der Waals surface area contributed by atoms with E-state index in [0.717, 1.165) is 6.42 Å². The van der Waals surface area contributed by atoms with Crippen LogP contribution in [-0.2, 0) is 0 Å². The Morgan fingerprint density at radius 2 is 2.11 bits per heavy atom. The summed E-state index contributed by atoms with van der Waals surface area (Å²) in [5, 5.41) is 4.60. The van der Waals surface area contributed by atoms with E-state index in [1.807, 2.05) is 11.8 Å². The Balaban J connectivity index is 1.82. The van der Waals surface area contributed by atoms with Gasteiger partial charge in [-0.25, -0.2) is 9.37 Å². The van der Waals surface area contributed by atoms with E-state index in [1.54, 1.807) is 25.1 Å². The predicted octanol–water partition coefficient (Wildman–Crippen LogP) is 3.15. The number of carbonyl (C=O) groups is 1. The van der Waals surface area contributed by atoms with Crippen molar-refractivity contribution in [3.8, 4) is 11.3 Å². The van der Waals surface area contributed by atoms with Crippen molar-refractivity contribution in [2.75, 3.05) is 13.1 Å². The first-order chi connectivity index (χ1) is 13.0. The smallest absolute Gasteiger partial charge is 0.259 e. The van der Waals surface area contributed by atoms with Gasteiger partial charge < -0.3 is 15.2 Å². The lowest BCUT2D eigenvalue weighted by molar-refractivity contribution is 0.0745. The quantitative estimate of drug-likeness (QED) is 0.768. The van der Waals surface area contributed by atoms with Crippen molar-refractivity contribution in [2.45, 2.75) is 26.3 Å². The third-order valence-electron chi connectivity index (χ3n) is 5.24. The summed E-state index contributed by atoms with van der Waals surface area (Å²) in [6.45, 7) is 5.02. The van der Waals surface area contributed by atoms with Gasteiger partial charge in [-0.1, -0.05) is 5.16 Å². The highest BCUT2D eigenvalue weighted by Crippen LogP contribution is 2.31. The summed E-state index contributed by atoms with van der Waals surface area (Å²) in [5.41, 5.74) is 8.48. The Hall–Kier alpha value is -2.80. The lowest BCUT2D eigenvalue weighted by atomic mass is 10.0. The standard InChI is InChI=1S/C20H21FN4O2/c1-11-7-13(9-22)10-25(11)20(26)16-8-17(14-3-5-15(21)6-4-14)23-19-18(16)12(2)24-27-19/h3-6,8,11,13H,7,9-10,22H2,1-2H3. The molecule has 0 radical (unpaired) electrons. The largest absolute Gasteiger partial charge is 0.336 e. The molecule has 0 saturated carbocycles. The number of fused-ring (bicyclic) bond motifs is 1. The Bertz CT molecular complexity index is 999. The molecule has 2 N–H and O–H groups in total. The summed E-state index contributed by atoms with van der Waals surface area (Å²) in [4.78, 5) is 19.7. The minimum Gasteiger partial charge on any atom is -0.336 e. The second-order valence-corrected chi connectivity index (χ2v) is 7.15. The van der Waals surface area contributed by atoms with Crippen LogP contribution < -0.4 is 5.73 Å². The average molecular weight is 368 g/mol. The molecule has 1 aliphatic heterocycles. The summed E-state index contributed by atoms with van der Waals surface area (Å²) in [7, 11) is 0. The normalized spacial score (nSPS) is 19.8. The van der Waals surface area contributed by atoms with E-state index in [9.17, 15) is 9.18 Å². The van der Waals surface area contributed by atoms with E-state index in [1.165, 1.54) is 12.1 Å². The van der Waals surface area contributed by atoms with Crippen LogP contribution in [0.1, 0.15) is 29.4 Å². The van der Waals surface area contributed by atoms with Gasteiger partial charge in [0, 0.05) is 18.2 Å². The molecule has 27 heavy (non-hydrogen) atoms. The van der Waals surface area contributed by atoms with Crippen molar-refractivity contribution in [1.29, 1.82) is 0 Å². The number of rotatable bonds is 3. The lowest BCUT2D eigenvalue weighted by Crippen LogP contribution is -2.34. The summed E-state index contributed by atoms with van der Waals surface area (Å²) >= 11 is 0. The zero-order valence-corrected chi connectivity index (χ0v) is 15.3. The van der Waals surface area contributed by atoms with Crippen LogP contribution in [-0.4, -0.2) is 40.1 Å². The van der Waals surface area contributed by atoms with E-state index in [4.69, 9.17) is 10.3 Å². The third kappa shape index (κ3) is 3.08. The zero-order valence-electron chi connectivity index (χ0n) is 15.3. The van der Waals surface area contributed by atoms with Crippen LogP contribution in [0.15, 0.2) is 34.9 Å². The maximum absolute atomic E-state index is 13.3. The molecule has 4 rings (SSSR count). The van der Waals surface area contributed by atoms with Crippen LogP contribution >= 0.6 is 0 Å². The third-order valence-corrected chi connectivity index (χ3v) is 5.24. The summed E-state index contributed by atoms with van der Waals surface area (Å²) in [6, 6.07) is 7.84. The van der Waals surface area contributed by atoms with Gasteiger partial charge >= 0.3 is 0 Å². The molecule has 7 heteroatoms. The lowest BCUT2D eigenvalue weighted by Gasteiger charge is -2.22. The van der Waals surface area contributed by atoms with E-state index >= 15 is 0 Å². The Morgan fingerprint density at radius 1 is 1.37 bits per heavy atom. The maximum atomic E-state index is 13.3. The second kappa shape index (κ2) is 6.74. The average Bonchev–Trinajstić information content (AvgIpc) is 3.24. The zero-order chi connectivity index (χ0) is 19.1. The molecule has 0 aliphatic carbocycles. The second-order valence-electron chi connectivity index (χ2n) is 7.15. The minimum absolute atomic E-state index is 0.0829. The van der Waals surface area contributed by atoms with Crippen molar-refractivity contribution in [3.05, 3.63) is 47.4 Å².